The van der Waals surface area contributed by atoms with Crippen molar-refractivity contribution in [3.05, 3.63) is 47.7 Å². The van der Waals surface area contributed by atoms with Crippen molar-refractivity contribution in [2.24, 2.45) is 0 Å². The molecule has 0 aliphatic heterocycles. The van der Waals surface area contributed by atoms with Crippen LogP contribution in [-0.4, -0.2) is 27.9 Å². The summed E-state index contributed by atoms with van der Waals surface area (Å²) in [4.78, 5) is 11.0. The van der Waals surface area contributed by atoms with Crippen molar-refractivity contribution in [1.82, 2.24) is 10.0 Å². The van der Waals surface area contributed by atoms with Gasteiger partial charge >= 0.3 is 0 Å². The maximum atomic E-state index is 11.0. The van der Waals surface area contributed by atoms with Crippen molar-refractivity contribution < 1.29 is 19.8 Å². The van der Waals surface area contributed by atoms with Crippen LogP contribution in [0.5, 0.6) is 11.6 Å². The second-order valence-electron chi connectivity index (χ2n) is 5.31. The first-order valence-corrected chi connectivity index (χ1v) is 7.57. The van der Waals surface area contributed by atoms with Gasteiger partial charge in [-0.1, -0.05) is 18.2 Å². The van der Waals surface area contributed by atoms with Gasteiger partial charge in [0.15, 0.2) is 5.88 Å². The van der Waals surface area contributed by atoms with Crippen LogP contribution >= 0.6 is 0 Å². The lowest BCUT2D eigenvalue weighted by atomic mass is 10.1. The van der Waals surface area contributed by atoms with Gasteiger partial charge in [0.05, 0.1) is 7.11 Å². The number of aromatic hydroxyl groups is 1. The zero-order valence-electron chi connectivity index (χ0n) is 13.2. The highest BCUT2D eigenvalue weighted by Gasteiger charge is 2.10. The Balaban J connectivity index is 1.89. The Morgan fingerprint density at radius 1 is 1.22 bits per heavy atom. The number of nitrogens with one attached hydrogen (secondary N) is 1. The Kier molecular flexibility index (Phi) is 6.05. The standard InChI is InChI=1S/C17H22N2O4/c1-23-15-7-3-2-5-13(15)6-4-11-19-12-10-14(17(19)21)8-9-16(20)18-22/h2-3,5,7,10,12,21-22H,4,6,8-9,11H2,1H3,(H,18,20). The highest BCUT2D eigenvalue weighted by atomic mass is 16.5. The molecule has 2 rings (SSSR count). The number of nitrogens with zero attached hydrogens (tertiary/aromatic N) is 1. The molecule has 0 radical (unpaired) electrons. The molecule has 0 saturated heterocycles. The summed E-state index contributed by atoms with van der Waals surface area (Å²) in [5.41, 5.74) is 3.43. The molecule has 1 aromatic heterocycles. The molecule has 1 aromatic carbocycles. The van der Waals surface area contributed by atoms with Crippen LogP contribution in [0.1, 0.15) is 24.0 Å². The maximum Gasteiger partial charge on any atom is 0.243 e. The van der Waals surface area contributed by atoms with Gasteiger partial charge < -0.3 is 14.4 Å². The minimum atomic E-state index is -0.465. The Hall–Kier alpha value is -2.47. The van der Waals surface area contributed by atoms with Crippen LogP contribution < -0.4 is 10.2 Å². The molecular weight excluding hydrogens is 296 g/mol. The number of para-hydroxylation sites is 1. The number of hydrogen-bond donors (Lipinski definition) is 3. The molecule has 0 unspecified atom stereocenters. The summed E-state index contributed by atoms with van der Waals surface area (Å²) in [6, 6.07) is 9.69. The molecular formula is C17H22N2O4. The second-order valence-corrected chi connectivity index (χ2v) is 5.31. The van der Waals surface area contributed by atoms with Crippen molar-refractivity contribution in [3.8, 4) is 11.6 Å². The van der Waals surface area contributed by atoms with E-state index in [-0.39, 0.29) is 12.3 Å². The first-order valence-electron chi connectivity index (χ1n) is 7.57. The van der Waals surface area contributed by atoms with Crippen molar-refractivity contribution in [3.63, 3.8) is 0 Å². The lowest BCUT2D eigenvalue weighted by molar-refractivity contribution is -0.129. The third kappa shape index (κ3) is 4.50. The van der Waals surface area contributed by atoms with E-state index in [4.69, 9.17) is 9.94 Å². The first-order chi connectivity index (χ1) is 11.2. The molecule has 1 heterocycles. The molecule has 0 atom stereocenters. The third-order valence-electron chi connectivity index (χ3n) is 3.80. The topological polar surface area (TPSA) is 83.7 Å². The van der Waals surface area contributed by atoms with Crippen LogP contribution in [0.15, 0.2) is 36.5 Å². The van der Waals surface area contributed by atoms with Gasteiger partial charge in [0, 0.05) is 24.7 Å². The number of ether oxygens (including phenoxy) is 1. The van der Waals surface area contributed by atoms with E-state index in [1.807, 2.05) is 30.5 Å². The second kappa shape index (κ2) is 8.24. The minimum absolute atomic E-state index is 0.134. The molecule has 0 spiro atoms. The lowest BCUT2D eigenvalue weighted by Crippen LogP contribution is -2.18. The van der Waals surface area contributed by atoms with Gasteiger partial charge in [-0.2, -0.15) is 0 Å². The van der Waals surface area contributed by atoms with Gasteiger partial charge in [0.1, 0.15) is 5.75 Å². The average molecular weight is 318 g/mol. The van der Waals surface area contributed by atoms with Crippen LogP contribution in [0.2, 0.25) is 0 Å². The van der Waals surface area contributed by atoms with E-state index in [1.54, 1.807) is 23.2 Å². The summed E-state index contributed by atoms with van der Waals surface area (Å²) in [6.07, 6.45) is 4.04. The molecule has 0 saturated carbocycles. The number of aryl methyl sites for hydroxylation is 3. The Morgan fingerprint density at radius 3 is 2.74 bits per heavy atom. The van der Waals surface area contributed by atoms with Crippen LogP contribution in [0, 0.1) is 0 Å². The number of carbonyl (C=O) groups excluding carboxylic acids is 1. The number of hydroxylamine groups is 1. The number of hydrogen-bond acceptors (Lipinski definition) is 4. The molecule has 0 fully saturated rings. The largest absolute Gasteiger partial charge is 0.496 e. The fourth-order valence-electron chi connectivity index (χ4n) is 2.54. The summed E-state index contributed by atoms with van der Waals surface area (Å²) in [5, 5.41) is 18.6. The lowest BCUT2D eigenvalue weighted by Gasteiger charge is -2.09. The van der Waals surface area contributed by atoms with Crippen LogP contribution in [0.3, 0.4) is 0 Å². The van der Waals surface area contributed by atoms with Gasteiger partial charge in [0.25, 0.3) is 0 Å². The molecule has 6 nitrogen and oxygen atoms in total. The quantitative estimate of drug-likeness (QED) is 0.515. The molecule has 0 aliphatic rings. The normalized spacial score (nSPS) is 10.5. The summed E-state index contributed by atoms with van der Waals surface area (Å²) in [5.74, 6) is 0.587. The molecule has 0 bridgehead atoms. The fourth-order valence-corrected chi connectivity index (χ4v) is 2.54. The van der Waals surface area contributed by atoms with Gasteiger partial charge in [-0.05, 0) is 37.0 Å². The van der Waals surface area contributed by atoms with Gasteiger partial charge in [-0.3, -0.25) is 10.0 Å². The monoisotopic (exact) mass is 318 g/mol. The summed E-state index contributed by atoms with van der Waals surface area (Å²) in [7, 11) is 1.66. The number of methoxy groups -OCH3 is 1. The molecule has 23 heavy (non-hydrogen) atoms. The number of rotatable bonds is 8. The van der Waals surface area contributed by atoms with Gasteiger partial charge in [0.2, 0.25) is 5.91 Å². The van der Waals surface area contributed by atoms with E-state index in [0.29, 0.717) is 18.5 Å². The summed E-state index contributed by atoms with van der Waals surface area (Å²) >= 11 is 0. The van der Waals surface area contributed by atoms with E-state index in [9.17, 15) is 9.90 Å². The SMILES string of the molecule is COc1ccccc1CCCn1ccc(CCC(=O)NO)c1O. The maximum absolute atomic E-state index is 11.0. The van der Waals surface area contributed by atoms with Crippen molar-refractivity contribution in [1.29, 1.82) is 0 Å². The molecule has 6 heteroatoms. The van der Waals surface area contributed by atoms with E-state index >= 15 is 0 Å². The number of carbonyl (C=O) groups is 1. The van der Waals surface area contributed by atoms with Crippen molar-refractivity contribution in [2.45, 2.75) is 32.2 Å². The predicted molar refractivity (Wildman–Crippen MR) is 85.7 cm³/mol. The minimum Gasteiger partial charge on any atom is -0.496 e. The van der Waals surface area contributed by atoms with E-state index in [1.165, 1.54) is 0 Å². The molecule has 1 amide bonds. The number of benzene rings is 1. The third-order valence-corrected chi connectivity index (χ3v) is 3.80. The first kappa shape index (κ1) is 16.9. The van der Waals surface area contributed by atoms with Gasteiger partial charge in [-0.15, -0.1) is 0 Å². The van der Waals surface area contributed by atoms with Gasteiger partial charge in [-0.25, -0.2) is 5.48 Å². The molecule has 0 aliphatic carbocycles. The van der Waals surface area contributed by atoms with E-state index in [0.717, 1.165) is 24.2 Å². The fraction of sp³-hybridized carbons (Fsp3) is 0.353. The number of aromatic nitrogens is 1. The Labute approximate surface area is 135 Å². The highest BCUT2D eigenvalue weighted by molar-refractivity contribution is 5.74. The average Bonchev–Trinajstić information content (AvgIpc) is 2.93. The van der Waals surface area contributed by atoms with Crippen molar-refractivity contribution in [2.75, 3.05) is 7.11 Å². The highest BCUT2D eigenvalue weighted by Crippen LogP contribution is 2.22. The Bertz CT molecular complexity index is 652. The van der Waals surface area contributed by atoms with Crippen LogP contribution in [0.25, 0.3) is 0 Å². The summed E-state index contributed by atoms with van der Waals surface area (Å²) < 4.78 is 7.09. The van der Waals surface area contributed by atoms with Crippen LogP contribution in [0.4, 0.5) is 0 Å². The van der Waals surface area contributed by atoms with E-state index in [2.05, 4.69) is 0 Å². The zero-order chi connectivity index (χ0) is 16.7. The smallest absolute Gasteiger partial charge is 0.243 e. The zero-order valence-corrected chi connectivity index (χ0v) is 13.2. The molecule has 124 valence electrons. The molecule has 2 aromatic rings. The molecule has 3 N–H and O–H groups in total. The Morgan fingerprint density at radius 2 is 2.00 bits per heavy atom. The summed E-state index contributed by atoms with van der Waals surface area (Å²) in [6.45, 7) is 0.677. The van der Waals surface area contributed by atoms with Crippen LogP contribution in [-0.2, 0) is 24.2 Å². The predicted octanol–water partition coefficient (Wildman–Crippen LogP) is 2.27. The van der Waals surface area contributed by atoms with E-state index < -0.39 is 5.91 Å². The number of amides is 1. The van der Waals surface area contributed by atoms with Crippen molar-refractivity contribution >= 4 is 5.91 Å².